The van der Waals surface area contributed by atoms with E-state index in [-0.39, 0.29) is 42.4 Å². The van der Waals surface area contributed by atoms with Crippen molar-refractivity contribution >= 4 is 61.7 Å². The van der Waals surface area contributed by atoms with Crippen molar-refractivity contribution in [2.24, 2.45) is 5.92 Å². The van der Waals surface area contributed by atoms with Gasteiger partial charge in [-0.3, -0.25) is 9.59 Å². The molecule has 0 saturated carbocycles. The summed E-state index contributed by atoms with van der Waals surface area (Å²) in [6.45, 7) is 0.530. The Labute approximate surface area is 193 Å². The van der Waals surface area contributed by atoms with Crippen LogP contribution in [-0.4, -0.2) is 60.7 Å². The lowest BCUT2D eigenvalue weighted by Crippen LogP contribution is -2.41. The van der Waals surface area contributed by atoms with Crippen LogP contribution in [0, 0.1) is 5.92 Å². The van der Waals surface area contributed by atoms with Gasteiger partial charge in [-0.2, -0.15) is 0 Å². The second-order valence-electron chi connectivity index (χ2n) is 6.75. The minimum absolute atomic E-state index is 0.111. The lowest BCUT2D eigenvalue weighted by molar-refractivity contribution is -0.137. The van der Waals surface area contributed by atoms with Crippen molar-refractivity contribution in [3.05, 3.63) is 34.9 Å². The molecule has 1 amide bonds. The van der Waals surface area contributed by atoms with Crippen molar-refractivity contribution in [3.63, 3.8) is 0 Å². The van der Waals surface area contributed by atoms with Crippen LogP contribution < -0.4 is 5.32 Å². The summed E-state index contributed by atoms with van der Waals surface area (Å²) in [6, 6.07) is 6.86. The largest absolute Gasteiger partial charge is 0.468 e. The number of carbonyl (C=O) groups excluding carboxylic acids is 2. The summed E-state index contributed by atoms with van der Waals surface area (Å²) < 4.78 is 32.0. The molecule has 2 heterocycles. The van der Waals surface area contributed by atoms with Gasteiger partial charge in [0.05, 0.1) is 18.6 Å². The standard InChI is InChI=1S/C18H21ClN4O5S3/c1-28-15(24)10-29-18-22-21-17(30-18)20-16(25)12-6-8-23(9-7-12)31(26,27)11-13-4-2-3-5-14(13)19/h2-5,12H,6-11H2,1H3,(H,20,21,25). The van der Waals surface area contributed by atoms with E-state index in [1.54, 1.807) is 24.3 Å². The summed E-state index contributed by atoms with van der Waals surface area (Å²) in [5, 5.41) is 11.3. The van der Waals surface area contributed by atoms with E-state index >= 15 is 0 Å². The summed E-state index contributed by atoms with van der Waals surface area (Å²) in [6.07, 6.45) is 0.826. The van der Waals surface area contributed by atoms with E-state index in [0.717, 1.165) is 0 Å². The highest BCUT2D eigenvalue weighted by Crippen LogP contribution is 2.28. The Bertz CT molecular complexity index is 1040. The molecule has 13 heteroatoms. The van der Waals surface area contributed by atoms with Crippen molar-refractivity contribution in [1.29, 1.82) is 0 Å². The minimum Gasteiger partial charge on any atom is -0.468 e. The van der Waals surface area contributed by atoms with Gasteiger partial charge in [0.25, 0.3) is 0 Å². The molecule has 9 nitrogen and oxygen atoms in total. The number of nitrogens with zero attached hydrogens (tertiary/aromatic N) is 3. The van der Waals surface area contributed by atoms with Gasteiger partial charge in [0.2, 0.25) is 21.1 Å². The molecule has 31 heavy (non-hydrogen) atoms. The SMILES string of the molecule is COC(=O)CSc1nnc(NC(=O)C2CCN(S(=O)(=O)Cc3ccccc3Cl)CC2)s1. The highest BCUT2D eigenvalue weighted by atomic mass is 35.5. The van der Waals surface area contributed by atoms with Crippen LogP contribution in [-0.2, 0) is 30.1 Å². The van der Waals surface area contributed by atoms with Gasteiger partial charge in [0.15, 0.2) is 4.34 Å². The van der Waals surface area contributed by atoms with Crippen LogP contribution >= 0.6 is 34.7 Å². The molecule has 0 spiro atoms. The molecule has 1 N–H and O–H groups in total. The second-order valence-corrected chi connectivity index (χ2v) is 11.3. The number of hydrogen-bond acceptors (Lipinski definition) is 9. The Morgan fingerprint density at radius 3 is 2.68 bits per heavy atom. The Morgan fingerprint density at radius 1 is 1.29 bits per heavy atom. The molecule has 3 rings (SSSR count). The number of benzene rings is 1. The molecule has 2 aromatic rings. The molecule has 1 aliphatic rings. The maximum absolute atomic E-state index is 12.7. The number of piperidine rings is 1. The Hall–Kier alpha value is -1.73. The van der Waals surface area contributed by atoms with E-state index in [9.17, 15) is 18.0 Å². The van der Waals surface area contributed by atoms with Crippen LogP contribution in [0.3, 0.4) is 0 Å². The van der Waals surface area contributed by atoms with E-state index < -0.39 is 10.0 Å². The van der Waals surface area contributed by atoms with Crippen molar-refractivity contribution in [2.45, 2.75) is 22.9 Å². The van der Waals surface area contributed by atoms with E-state index in [4.69, 9.17) is 11.6 Å². The van der Waals surface area contributed by atoms with Gasteiger partial charge in [-0.1, -0.05) is 52.9 Å². The first-order chi connectivity index (χ1) is 14.8. The lowest BCUT2D eigenvalue weighted by Gasteiger charge is -2.30. The number of halogens is 1. The minimum atomic E-state index is -3.52. The van der Waals surface area contributed by atoms with Crippen molar-refractivity contribution in [2.75, 3.05) is 31.3 Å². The van der Waals surface area contributed by atoms with Gasteiger partial charge in [-0.05, 0) is 24.5 Å². The van der Waals surface area contributed by atoms with Crippen LogP contribution in [0.25, 0.3) is 0 Å². The number of thioether (sulfide) groups is 1. The van der Waals surface area contributed by atoms with Crippen molar-refractivity contribution in [3.8, 4) is 0 Å². The fourth-order valence-electron chi connectivity index (χ4n) is 3.01. The summed E-state index contributed by atoms with van der Waals surface area (Å²) in [5.74, 6) is -0.965. The molecule has 1 aliphatic heterocycles. The predicted octanol–water partition coefficient (Wildman–Crippen LogP) is 2.64. The number of methoxy groups -OCH3 is 1. The van der Waals surface area contributed by atoms with Gasteiger partial charge in [-0.25, -0.2) is 12.7 Å². The summed E-state index contributed by atoms with van der Waals surface area (Å²) in [4.78, 5) is 23.7. The number of rotatable bonds is 8. The van der Waals surface area contributed by atoms with Crippen LogP contribution in [0.15, 0.2) is 28.6 Å². The third-order valence-electron chi connectivity index (χ3n) is 4.69. The van der Waals surface area contributed by atoms with Crippen molar-refractivity contribution < 1.29 is 22.7 Å². The first kappa shape index (κ1) is 23.9. The molecule has 1 saturated heterocycles. The highest BCUT2D eigenvalue weighted by molar-refractivity contribution is 8.01. The zero-order chi connectivity index (χ0) is 22.4. The molecule has 1 aromatic carbocycles. The van der Waals surface area contributed by atoms with Gasteiger partial charge in [-0.15, -0.1) is 10.2 Å². The number of amides is 1. The molecular weight excluding hydrogens is 484 g/mol. The van der Waals surface area contributed by atoms with Crippen LogP contribution in [0.1, 0.15) is 18.4 Å². The van der Waals surface area contributed by atoms with Gasteiger partial charge < -0.3 is 10.1 Å². The third kappa shape index (κ3) is 6.62. The third-order valence-corrected chi connectivity index (χ3v) is 8.83. The summed E-state index contributed by atoms with van der Waals surface area (Å²) in [7, 11) is -2.22. The van der Waals surface area contributed by atoms with Gasteiger partial charge in [0.1, 0.15) is 0 Å². The highest BCUT2D eigenvalue weighted by Gasteiger charge is 2.31. The fourth-order valence-corrected chi connectivity index (χ4v) is 6.47. The maximum atomic E-state index is 12.7. The first-order valence-electron chi connectivity index (χ1n) is 9.33. The normalized spacial score (nSPS) is 15.5. The molecule has 0 aliphatic carbocycles. The smallest absolute Gasteiger partial charge is 0.316 e. The monoisotopic (exact) mass is 504 g/mol. The van der Waals surface area contributed by atoms with Gasteiger partial charge >= 0.3 is 5.97 Å². The van der Waals surface area contributed by atoms with E-state index in [1.807, 2.05) is 0 Å². The summed E-state index contributed by atoms with van der Waals surface area (Å²) in [5.41, 5.74) is 0.557. The van der Waals surface area contributed by atoms with Crippen molar-refractivity contribution in [1.82, 2.24) is 14.5 Å². The van der Waals surface area contributed by atoms with Crippen LogP contribution in [0.5, 0.6) is 0 Å². The van der Waals surface area contributed by atoms with E-state index in [1.165, 1.54) is 34.5 Å². The number of hydrogen-bond donors (Lipinski definition) is 1. The Morgan fingerprint density at radius 2 is 2.00 bits per heavy atom. The topological polar surface area (TPSA) is 119 Å². The quantitative estimate of drug-likeness (QED) is 0.331. The molecule has 0 radical (unpaired) electrons. The van der Waals surface area contributed by atoms with E-state index in [2.05, 4.69) is 20.3 Å². The number of ether oxygens (including phenoxy) is 1. The number of anilines is 1. The number of sulfonamides is 1. The first-order valence-corrected chi connectivity index (χ1v) is 13.1. The number of esters is 1. The van der Waals surface area contributed by atoms with Crippen LogP contribution in [0.4, 0.5) is 5.13 Å². The number of nitrogens with one attached hydrogen (secondary N) is 1. The fraction of sp³-hybridized carbons (Fsp3) is 0.444. The Balaban J connectivity index is 1.50. The average molecular weight is 505 g/mol. The Kier molecular flexibility index (Phi) is 8.28. The molecule has 1 aromatic heterocycles. The zero-order valence-electron chi connectivity index (χ0n) is 16.6. The summed E-state index contributed by atoms with van der Waals surface area (Å²) >= 11 is 8.43. The molecule has 168 valence electrons. The molecule has 0 bridgehead atoms. The zero-order valence-corrected chi connectivity index (χ0v) is 19.8. The molecular formula is C18H21ClN4O5S3. The predicted molar refractivity (Wildman–Crippen MR) is 120 cm³/mol. The van der Waals surface area contributed by atoms with Gasteiger partial charge in [0, 0.05) is 24.0 Å². The molecule has 1 fully saturated rings. The van der Waals surface area contributed by atoms with E-state index in [0.29, 0.717) is 32.9 Å². The van der Waals surface area contributed by atoms with Crippen LogP contribution in [0.2, 0.25) is 5.02 Å². The average Bonchev–Trinajstić information content (AvgIpc) is 3.21. The number of aromatic nitrogens is 2. The number of carbonyl (C=O) groups is 2. The lowest BCUT2D eigenvalue weighted by atomic mass is 9.97. The molecule has 0 atom stereocenters. The maximum Gasteiger partial charge on any atom is 0.316 e. The second kappa shape index (κ2) is 10.7. The molecule has 0 unspecified atom stereocenters.